The van der Waals surface area contributed by atoms with Crippen molar-refractivity contribution in [1.29, 1.82) is 0 Å². The van der Waals surface area contributed by atoms with Crippen molar-refractivity contribution in [3.8, 4) is 0 Å². The molecule has 0 radical (unpaired) electrons. The molecule has 2 atom stereocenters. The van der Waals surface area contributed by atoms with E-state index in [2.05, 4.69) is 12.2 Å². The topological polar surface area (TPSA) is 52.6 Å². The van der Waals surface area contributed by atoms with Crippen LogP contribution in [0, 0.1) is 5.92 Å². The fourth-order valence-corrected chi connectivity index (χ4v) is 3.18. The van der Waals surface area contributed by atoms with Crippen LogP contribution >= 0.6 is 0 Å². The van der Waals surface area contributed by atoms with E-state index in [1.807, 2.05) is 29.2 Å². The molecular weight excluding hydrogens is 252 g/mol. The smallest absolute Gasteiger partial charge is 0.317 e. The molecular formula is C16H22N2O2. The standard InChI is InChI=1S/C16H22N2O2/c1-11-6-8-18(9-7-11)16(20)17-15-13-5-3-2-4-12(13)10-14(15)19/h2-5,11,14-15,19H,6-10H2,1H3,(H,17,20). The minimum Gasteiger partial charge on any atom is -0.390 e. The van der Waals surface area contributed by atoms with Gasteiger partial charge in [-0.15, -0.1) is 0 Å². The molecule has 2 unspecified atom stereocenters. The maximum absolute atomic E-state index is 12.3. The van der Waals surface area contributed by atoms with E-state index in [9.17, 15) is 9.90 Å². The normalized spacial score (nSPS) is 26.4. The molecule has 0 saturated carbocycles. The lowest BCUT2D eigenvalue weighted by Crippen LogP contribution is -2.46. The molecule has 2 amide bonds. The molecule has 1 aliphatic carbocycles. The van der Waals surface area contributed by atoms with Gasteiger partial charge in [-0.2, -0.15) is 0 Å². The third-order valence-corrected chi connectivity index (χ3v) is 4.55. The van der Waals surface area contributed by atoms with Gasteiger partial charge in [0.2, 0.25) is 0 Å². The Balaban J connectivity index is 1.67. The fraction of sp³-hybridized carbons (Fsp3) is 0.562. The average molecular weight is 274 g/mol. The van der Waals surface area contributed by atoms with Crippen molar-refractivity contribution in [3.05, 3.63) is 35.4 Å². The Hall–Kier alpha value is -1.55. The van der Waals surface area contributed by atoms with Crippen LogP contribution in [0.25, 0.3) is 0 Å². The summed E-state index contributed by atoms with van der Waals surface area (Å²) in [5.41, 5.74) is 2.19. The highest BCUT2D eigenvalue weighted by atomic mass is 16.3. The summed E-state index contributed by atoms with van der Waals surface area (Å²) in [6, 6.07) is 7.64. The van der Waals surface area contributed by atoms with Crippen molar-refractivity contribution in [3.63, 3.8) is 0 Å². The van der Waals surface area contributed by atoms with Crippen molar-refractivity contribution in [2.75, 3.05) is 13.1 Å². The molecule has 0 aromatic heterocycles. The van der Waals surface area contributed by atoms with Crippen molar-refractivity contribution in [1.82, 2.24) is 10.2 Å². The predicted molar refractivity (Wildman–Crippen MR) is 77.4 cm³/mol. The lowest BCUT2D eigenvalue weighted by Gasteiger charge is -2.32. The van der Waals surface area contributed by atoms with E-state index < -0.39 is 6.10 Å². The number of piperidine rings is 1. The van der Waals surface area contributed by atoms with Crippen molar-refractivity contribution >= 4 is 6.03 Å². The highest BCUT2D eigenvalue weighted by Crippen LogP contribution is 2.31. The second-order valence-corrected chi connectivity index (χ2v) is 6.07. The van der Waals surface area contributed by atoms with E-state index in [0.717, 1.165) is 37.1 Å². The minimum atomic E-state index is -0.514. The second kappa shape index (κ2) is 5.44. The SMILES string of the molecule is CC1CCN(C(=O)NC2c3ccccc3CC2O)CC1. The first-order valence-corrected chi connectivity index (χ1v) is 7.46. The van der Waals surface area contributed by atoms with Crippen molar-refractivity contribution in [2.45, 2.75) is 38.3 Å². The van der Waals surface area contributed by atoms with Gasteiger partial charge in [0.05, 0.1) is 12.1 Å². The summed E-state index contributed by atoms with van der Waals surface area (Å²) in [6.07, 6.45) is 2.24. The van der Waals surface area contributed by atoms with Crippen LogP contribution in [0.5, 0.6) is 0 Å². The van der Waals surface area contributed by atoms with Crippen LogP contribution in [0.4, 0.5) is 4.79 Å². The van der Waals surface area contributed by atoms with E-state index in [1.54, 1.807) is 0 Å². The molecule has 1 aromatic rings. The summed E-state index contributed by atoms with van der Waals surface area (Å²) in [5.74, 6) is 0.705. The molecule has 2 aliphatic rings. The zero-order chi connectivity index (χ0) is 14.1. The van der Waals surface area contributed by atoms with Gasteiger partial charge in [0.1, 0.15) is 0 Å². The number of carbonyl (C=O) groups excluding carboxylic acids is 1. The zero-order valence-electron chi connectivity index (χ0n) is 11.9. The van der Waals surface area contributed by atoms with Gasteiger partial charge in [0, 0.05) is 19.5 Å². The molecule has 1 aliphatic heterocycles. The van der Waals surface area contributed by atoms with E-state index in [1.165, 1.54) is 0 Å². The number of benzene rings is 1. The number of hydrogen-bond acceptors (Lipinski definition) is 2. The number of aliphatic hydroxyl groups is 1. The molecule has 4 heteroatoms. The Morgan fingerprint density at radius 2 is 2.00 bits per heavy atom. The molecule has 3 rings (SSSR count). The third kappa shape index (κ3) is 2.52. The lowest BCUT2D eigenvalue weighted by molar-refractivity contribution is 0.128. The summed E-state index contributed by atoms with van der Waals surface area (Å²) >= 11 is 0. The van der Waals surface area contributed by atoms with Gasteiger partial charge < -0.3 is 15.3 Å². The molecule has 0 bridgehead atoms. The van der Waals surface area contributed by atoms with Gasteiger partial charge in [-0.05, 0) is 29.9 Å². The van der Waals surface area contributed by atoms with Crippen LogP contribution in [0.1, 0.15) is 36.9 Å². The van der Waals surface area contributed by atoms with E-state index >= 15 is 0 Å². The molecule has 0 spiro atoms. The summed E-state index contributed by atoms with van der Waals surface area (Å²) in [4.78, 5) is 14.2. The van der Waals surface area contributed by atoms with Gasteiger partial charge in [0.25, 0.3) is 0 Å². The number of nitrogens with one attached hydrogen (secondary N) is 1. The van der Waals surface area contributed by atoms with Crippen LogP contribution in [-0.2, 0) is 6.42 Å². The van der Waals surface area contributed by atoms with Gasteiger partial charge in [0.15, 0.2) is 0 Å². The van der Waals surface area contributed by atoms with Crippen molar-refractivity contribution < 1.29 is 9.90 Å². The summed E-state index contributed by atoms with van der Waals surface area (Å²) in [7, 11) is 0. The first kappa shape index (κ1) is 13.4. The third-order valence-electron chi connectivity index (χ3n) is 4.55. The number of carbonyl (C=O) groups is 1. The molecule has 4 nitrogen and oxygen atoms in total. The Bertz CT molecular complexity index is 495. The number of amides is 2. The first-order chi connectivity index (χ1) is 9.65. The van der Waals surface area contributed by atoms with Gasteiger partial charge in [-0.3, -0.25) is 0 Å². The molecule has 1 aromatic carbocycles. The maximum atomic E-state index is 12.3. The maximum Gasteiger partial charge on any atom is 0.317 e. The van der Waals surface area contributed by atoms with Gasteiger partial charge in [-0.1, -0.05) is 31.2 Å². The molecule has 108 valence electrons. The summed E-state index contributed by atoms with van der Waals surface area (Å²) in [5, 5.41) is 13.2. The molecule has 1 saturated heterocycles. The Morgan fingerprint density at radius 3 is 2.75 bits per heavy atom. The number of urea groups is 1. The highest BCUT2D eigenvalue weighted by molar-refractivity contribution is 5.75. The highest BCUT2D eigenvalue weighted by Gasteiger charge is 2.33. The summed E-state index contributed by atoms with van der Waals surface area (Å²) in [6.45, 7) is 3.86. The summed E-state index contributed by atoms with van der Waals surface area (Å²) < 4.78 is 0. The predicted octanol–water partition coefficient (Wildman–Crippen LogP) is 2.09. The van der Waals surface area contributed by atoms with Crippen LogP contribution in [0.15, 0.2) is 24.3 Å². The fourth-order valence-electron chi connectivity index (χ4n) is 3.18. The molecule has 20 heavy (non-hydrogen) atoms. The van der Waals surface area contributed by atoms with Crippen LogP contribution < -0.4 is 5.32 Å². The Kier molecular flexibility index (Phi) is 3.66. The Morgan fingerprint density at radius 1 is 1.30 bits per heavy atom. The van der Waals surface area contributed by atoms with Crippen LogP contribution in [0.3, 0.4) is 0 Å². The Labute approximate surface area is 119 Å². The number of hydrogen-bond donors (Lipinski definition) is 2. The molecule has 1 heterocycles. The van der Waals surface area contributed by atoms with E-state index in [0.29, 0.717) is 12.3 Å². The number of fused-ring (bicyclic) bond motifs is 1. The number of nitrogens with zero attached hydrogens (tertiary/aromatic N) is 1. The quantitative estimate of drug-likeness (QED) is 0.824. The second-order valence-electron chi connectivity index (χ2n) is 6.07. The largest absolute Gasteiger partial charge is 0.390 e. The average Bonchev–Trinajstić information content (AvgIpc) is 2.76. The lowest BCUT2D eigenvalue weighted by atomic mass is 9.99. The van der Waals surface area contributed by atoms with E-state index in [-0.39, 0.29) is 12.1 Å². The molecule has 1 fully saturated rings. The first-order valence-electron chi connectivity index (χ1n) is 7.46. The number of rotatable bonds is 1. The molecule has 2 N–H and O–H groups in total. The zero-order valence-corrected chi connectivity index (χ0v) is 11.9. The van der Waals surface area contributed by atoms with Crippen LogP contribution in [0.2, 0.25) is 0 Å². The monoisotopic (exact) mass is 274 g/mol. The number of likely N-dealkylation sites (tertiary alicyclic amines) is 1. The van der Waals surface area contributed by atoms with Gasteiger partial charge in [-0.25, -0.2) is 4.79 Å². The van der Waals surface area contributed by atoms with Crippen LogP contribution in [-0.4, -0.2) is 35.2 Å². The van der Waals surface area contributed by atoms with Gasteiger partial charge >= 0.3 is 6.03 Å². The van der Waals surface area contributed by atoms with E-state index in [4.69, 9.17) is 0 Å². The van der Waals surface area contributed by atoms with Crippen molar-refractivity contribution in [2.24, 2.45) is 5.92 Å². The number of aliphatic hydroxyl groups excluding tert-OH is 1. The minimum absolute atomic E-state index is 0.0438.